The largest absolute Gasteiger partial charge is 0.455 e. The van der Waals surface area contributed by atoms with Gasteiger partial charge in [-0.05, 0) is 82.0 Å². The Kier molecular flexibility index (Phi) is 8.54. The highest BCUT2D eigenvalue weighted by atomic mass is 32.1. The van der Waals surface area contributed by atoms with Gasteiger partial charge in [0.1, 0.15) is 11.5 Å². The van der Waals surface area contributed by atoms with E-state index in [-0.39, 0.29) is 10.8 Å². The van der Waals surface area contributed by atoms with Crippen molar-refractivity contribution in [2.24, 2.45) is 0 Å². The van der Waals surface area contributed by atoms with Gasteiger partial charge in [0.2, 0.25) is 0 Å². The van der Waals surface area contributed by atoms with Crippen molar-refractivity contribution in [2.75, 3.05) is 0 Å². The molecule has 2 aromatic carbocycles. The summed E-state index contributed by atoms with van der Waals surface area (Å²) in [6.07, 6.45) is 3.85. The first-order valence-corrected chi connectivity index (χ1v) is 20.5. The van der Waals surface area contributed by atoms with Crippen LogP contribution in [0, 0.1) is 13.8 Å². The van der Waals surface area contributed by atoms with Crippen LogP contribution in [-0.2, 0) is 10.8 Å². The van der Waals surface area contributed by atoms with Crippen molar-refractivity contribution in [1.29, 1.82) is 0 Å². The highest BCUT2D eigenvalue weighted by molar-refractivity contribution is 7.24. The third-order valence-corrected chi connectivity index (χ3v) is 13.9. The number of benzene rings is 2. The Bertz CT molecular complexity index is 2350. The molecule has 8 aromatic rings. The molecule has 8 rings (SSSR count). The zero-order valence-corrected chi connectivity index (χ0v) is 33.4. The van der Waals surface area contributed by atoms with Crippen LogP contribution in [0.1, 0.15) is 62.4 Å². The third-order valence-electron chi connectivity index (χ3n) is 9.37. The fraction of sp³-hybridized carbons (Fsp3) is 0.227. The van der Waals surface area contributed by atoms with Crippen LogP contribution in [0.15, 0.2) is 97.3 Å². The van der Waals surface area contributed by atoms with E-state index in [0.29, 0.717) is 0 Å². The molecule has 7 heteroatoms. The molecule has 0 atom stereocenters. The van der Waals surface area contributed by atoms with Gasteiger partial charge in [-0.15, -0.1) is 45.3 Å². The van der Waals surface area contributed by atoms with Gasteiger partial charge in [0.05, 0.1) is 30.5 Å². The quantitative estimate of drug-likeness (QED) is 0.170. The number of aryl methyl sites for hydroxylation is 2. The maximum absolute atomic E-state index is 6.67. The molecule has 0 spiro atoms. The molecule has 51 heavy (non-hydrogen) atoms. The first-order valence-electron chi connectivity index (χ1n) is 17.2. The molecule has 0 saturated carbocycles. The van der Waals surface area contributed by atoms with Crippen LogP contribution in [0.2, 0.25) is 0 Å². The second kappa shape index (κ2) is 12.8. The Morgan fingerprint density at radius 2 is 0.863 bits per heavy atom. The van der Waals surface area contributed by atoms with Gasteiger partial charge >= 0.3 is 0 Å². The molecule has 6 heterocycles. The van der Waals surface area contributed by atoms with E-state index in [0.717, 1.165) is 42.4 Å². The minimum atomic E-state index is 0.133. The van der Waals surface area contributed by atoms with E-state index in [1.807, 2.05) is 35.1 Å². The molecular weight excluding hydrogens is 701 g/mol. The second-order valence-corrected chi connectivity index (χ2v) is 19.8. The number of rotatable bonds is 6. The average Bonchev–Trinajstić information content (AvgIpc) is 3.89. The summed E-state index contributed by atoms with van der Waals surface area (Å²) in [7, 11) is 0. The number of thiophene rings is 4. The Balaban J connectivity index is 1.07. The third kappa shape index (κ3) is 6.57. The molecule has 256 valence electrons. The van der Waals surface area contributed by atoms with Crippen LogP contribution < -0.4 is 4.74 Å². The van der Waals surface area contributed by atoms with Gasteiger partial charge in [0, 0.05) is 44.0 Å². The predicted octanol–water partition coefficient (Wildman–Crippen LogP) is 14.7. The fourth-order valence-corrected chi connectivity index (χ4v) is 10.7. The van der Waals surface area contributed by atoms with Gasteiger partial charge in [0.25, 0.3) is 0 Å². The summed E-state index contributed by atoms with van der Waals surface area (Å²) in [5, 5.41) is 2.43. The van der Waals surface area contributed by atoms with E-state index in [1.165, 1.54) is 52.2 Å². The lowest BCUT2D eigenvalue weighted by atomic mass is 9.86. The van der Waals surface area contributed by atoms with Crippen LogP contribution in [0.4, 0.5) is 0 Å². The van der Waals surface area contributed by atoms with Crippen molar-refractivity contribution in [2.45, 2.75) is 66.2 Å². The number of pyridine rings is 2. The van der Waals surface area contributed by atoms with Gasteiger partial charge in [-0.3, -0.25) is 9.97 Å². The molecule has 0 saturated heterocycles. The molecule has 0 bridgehead atoms. The highest BCUT2D eigenvalue weighted by Crippen LogP contribution is 2.47. The topological polar surface area (TPSA) is 35.0 Å². The van der Waals surface area contributed by atoms with Gasteiger partial charge in [-0.1, -0.05) is 90.1 Å². The average molecular weight is 741 g/mol. The predicted molar refractivity (Wildman–Crippen MR) is 224 cm³/mol. The highest BCUT2D eigenvalue weighted by Gasteiger charge is 2.20. The Hall–Kier alpha value is -4.14. The number of hydrogen-bond acceptors (Lipinski definition) is 7. The zero-order valence-electron chi connectivity index (χ0n) is 30.2. The molecule has 3 nitrogen and oxygen atoms in total. The summed E-state index contributed by atoms with van der Waals surface area (Å²) >= 11 is 7.09. The summed E-state index contributed by atoms with van der Waals surface area (Å²) in [5.41, 5.74) is 7.46. The number of fused-ring (bicyclic) bond motifs is 2. The van der Waals surface area contributed by atoms with Crippen molar-refractivity contribution in [3.05, 3.63) is 118 Å². The summed E-state index contributed by atoms with van der Waals surface area (Å²) in [4.78, 5) is 16.8. The van der Waals surface area contributed by atoms with Crippen molar-refractivity contribution in [1.82, 2.24) is 9.97 Å². The summed E-state index contributed by atoms with van der Waals surface area (Å²) in [6, 6.07) is 31.1. The van der Waals surface area contributed by atoms with Crippen molar-refractivity contribution >= 4 is 65.5 Å². The van der Waals surface area contributed by atoms with Gasteiger partial charge < -0.3 is 4.74 Å². The van der Waals surface area contributed by atoms with Crippen molar-refractivity contribution in [3.63, 3.8) is 0 Å². The van der Waals surface area contributed by atoms with E-state index in [1.54, 1.807) is 22.7 Å². The van der Waals surface area contributed by atoms with E-state index >= 15 is 0 Å². The first-order chi connectivity index (χ1) is 24.3. The zero-order chi connectivity index (χ0) is 35.7. The lowest BCUT2D eigenvalue weighted by molar-refractivity contribution is 0.481. The number of hydrogen-bond donors (Lipinski definition) is 0. The normalized spacial score (nSPS) is 12.3. The molecule has 0 radical (unpaired) electrons. The molecule has 0 amide bonds. The molecule has 0 fully saturated rings. The first kappa shape index (κ1) is 34.0. The van der Waals surface area contributed by atoms with Crippen molar-refractivity contribution < 1.29 is 4.74 Å². The van der Waals surface area contributed by atoms with Crippen LogP contribution in [0.5, 0.6) is 11.5 Å². The number of aromatic nitrogens is 2. The van der Waals surface area contributed by atoms with E-state index in [2.05, 4.69) is 140 Å². The Labute approximate surface area is 316 Å². The standard InChI is InChI=1S/C44H40N2OS4/c1-25-33(23-37(48-25)39-41-29(17-19-45-39)21-35(50-41)27-9-13-31(14-10-27)43(3,4)5)47-34-24-38(49-26(34)2)40-42-30(18-20-46-40)22-36(51-42)28-11-15-32(16-12-28)44(6,7)8/h9-24H,1-8H3. The smallest absolute Gasteiger partial charge is 0.141 e. The van der Waals surface area contributed by atoms with E-state index in [4.69, 9.17) is 14.7 Å². The minimum absolute atomic E-state index is 0.133. The summed E-state index contributed by atoms with van der Waals surface area (Å²) < 4.78 is 9.07. The lowest BCUT2D eigenvalue weighted by Gasteiger charge is -2.18. The molecule has 0 aliphatic carbocycles. The summed E-state index contributed by atoms with van der Waals surface area (Å²) in [6.45, 7) is 17.8. The minimum Gasteiger partial charge on any atom is -0.455 e. The van der Waals surface area contributed by atoms with Gasteiger partial charge in [-0.25, -0.2) is 0 Å². The monoisotopic (exact) mass is 740 g/mol. The van der Waals surface area contributed by atoms with E-state index in [9.17, 15) is 0 Å². The second-order valence-electron chi connectivity index (χ2n) is 15.2. The Morgan fingerprint density at radius 1 is 0.471 bits per heavy atom. The fourth-order valence-electron chi connectivity index (χ4n) is 6.32. The van der Waals surface area contributed by atoms with Crippen LogP contribution in [0.3, 0.4) is 0 Å². The molecule has 0 aliphatic rings. The van der Waals surface area contributed by atoms with E-state index < -0.39 is 0 Å². The number of ether oxygens (including phenoxy) is 1. The Morgan fingerprint density at radius 3 is 1.24 bits per heavy atom. The molecule has 0 N–H and O–H groups in total. The van der Waals surface area contributed by atoms with Crippen molar-refractivity contribution in [3.8, 4) is 53.5 Å². The molecule has 0 aliphatic heterocycles. The van der Waals surface area contributed by atoms with Crippen LogP contribution >= 0.6 is 45.3 Å². The van der Waals surface area contributed by atoms with Gasteiger partial charge in [0.15, 0.2) is 0 Å². The maximum atomic E-state index is 6.67. The number of nitrogens with zero attached hydrogens (tertiary/aromatic N) is 2. The van der Waals surface area contributed by atoms with Crippen LogP contribution in [0.25, 0.3) is 62.2 Å². The molecular formula is C44H40N2OS4. The SMILES string of the molecule is Cc1sc(-c2nccc3cc(-c4ccc(C(C)(C)C)cc4)sc23)cc1Oc1cc(-c2nccc3cc(-c4ccc(C(C)(C)C)cc4)sc23)sc1C. The maximum Gasteiger partial charge on any atom is 0.141 e. The molecule has 0 unspecified atom stereocenters. The molecule has 6 aromatic heterocycles. The van der Waals surface area contributed by atoms with Gasteiger partial charge in [-0.2, -0.15) is 0 Å². The summed E-state index contributed by atoms with van der Waals surface area (Å²) in [5.74, 6) is 1.75. The lowest BCUT2D eigenvalue weighted by Crippen LogP contribution is -2.10. The van der Waals surface area contributed by atoms with Crippen LogP contribution in [-0.4, -0.2) is 9.97 Å².